The number of amides is 2. The first-order valence-electron chi connectivity index (χ1n) is 9.30. The number of nitrogens with one attached hydrogen (secondary N) is 1. The highest BCUT2D eigenvalue weighted by Gasteiger charge is 2.47. The van der Waals surface area contributed by atoms with Gasteiger partial charge in [0.25, 0.3) is 0 Å². The molecule has 3 rings (SSSR count). The molecule has 1 aromatic carbocycles. The number of hydrogen-bond donors (Lipinski definition) is 2. The fourth-order valence-corrected chi connectivity index (χ4v) is 4.21. The van der Waals surface area contributed by atoms with Gasteiger partial charge >= 0.3 is 12.2 Å². The fraction of sp³-hybridized carbons (Fsp3) is 0.632. The third-order valence-electron chi connectivity index (χ3n) is 5.58. The van der Waals surface area contributed by atoms with Crippen molar-refractivity contribution in [2.45, 2.75) is 50.6 Å². The van der Waals surface area contributed by atoms with E-state index in [0.29, 0.717) is 35.5 Å². The zero-order valence-electron chi connectivity index (χ0n) is 15.9. The van der Waals surface area contributed by atoms with Gasteiger partial charge in [-0.25, -0.2) is 4.79 Å². The second-order valence-corrected chi connectivity index (χ2v) is 7.27. The number of alkyl halides is 3. The molecular weight excluding hydrogens is 377 g/mol. The molecule has 9 heteroatoms. The van der Waals surface area contributed by atoms with Gasteiger partial charge in [0.2, 0.25) is 0 Å². The van der Waals surface area contributed by atoms with Gasteiger partial charge in [-0.2, -0.15) is 13.2 Å². The molecular formula is C19H25F3N2O4. The molecule has 2 atom stereocenters. The lowest BCUT2D eigenvalue weighted by atomic mass is 9.95. The highest BCUT2D eigenvalue weighted by Crippen LogP contribution is 2.40. The summed E-state index contributed by atoms with van der Waals surface area (Å²) in [5.74, 6) is 0.276. The van der Waals surface area contributed by atoms with Crippen molar-refractivity contribution >= 4 is 6.03 Å². The Labute approximate surface area is 161 Å². The first-order chi connectivity index (χ1) is 13.3. The molecule has 0 bridgehead atoms. The molecule has 0 radical (unpaired) electrons. The number of hydrogen-bond acceptors (Lipinski definition) is 4. The lowest BCUT2D eigenvalue weighted by molar-refractivity contribution is -0.165. The molecule has 0 saturated heterocycles. The zero-order chi connectivity index (χ0) is 20.5. The largest absolute Gasteiger partial charge is 0.496 e. The van der Waals surface area contributed by atoms with Crippen molar-refractivity contribution in [2.24, 2.45) is 5.92 Å². The van der Waals surface area contributed by atoms with E-state index >= 15 is 0 Å². The molecule has 2 amide bonds. The monoisotopic (exact) mass is 402 g/mol. The Kier molecular flexibility index (Phi) is 5.92. The van der Waals surface area contributed by atoms with Crippen LogP contribution < -0.4 is 14.8 Å². The maximum Gasteiger partial charge on any atom is 0.408 e. The van der Waals surface area contributed by atoms with Crippen molar-refractivity contribution in [2.75, 3.05) is 20.8 Å². The highest BCUT2D eigenvalue weighted by molar-refractivity contribution is 5.75. The maximum absolute atomic E-state index is 13.5. The van der Waals surface area contributed by atoms with Crippen LogP contribution in [0.1, 0.15) is 42.9 Å². The van der Waals surface area contributed by atoms with Crippen LogP contribution in [-0.4, -0.2) is 49.0 Å². The van der Waals surface area contributed by atoms with Gasteiger partial charge in [0.05, 0.1) is 27.3 Å². The summed E-state index contributed by atoms with van der Waals surface area (Å²) in [6.45, 7) is -0.106. The first kappa shape index (κ1) is 20.6. The molecule has 1 aromatic rings. The molecule has 0 spiro atoms. The molecule has 1 aliphatic heterocycles. The number of β-amino-alcohol motifs (C(OH)–C–C–N with tert-alkyl or cyclic N) is 1. The van der Waals surface area contributed by atoms with E-state index in [1.165, 1.54) is 19.1 Å². The maximum atomic E-state index is 13.5. The number of aliphatic hydroxyl groups excluding tert-OH is 1. The van der Waals surface area contributed by atoms with Gasteiger partial charge in [0.1, 0.15) is 23.6 Å². The van der Waals surface area contributed by atoms with E-state index in [-0.39, 0.29) is 13.1 Å². The number of aliphatic hydroxyl groups is 1. The topological polar surface area (TPSA) is 71.0 Å². The number of ether oxygens (including phenoxy) is 2. The van der Waals surface area contributed by atoms with Crippen molar-refractivity contribution < 1.29 is 32.5 Å². The summed E-state index contributed by atoms with van der Waals surface area (Å²) >= 11 is 0. The molecule has 28 heavy (non-hydrogen) atoms. The molecule has 1 heterocycles. The van der Waals surface area contributed by atoms with E-state index in [4.69, 9.17) is 9.47 Å². The van der Waals surface area contributed by atoms with Crippen molar-refractivity contribution in [3.63, 3.8) is 0 Å². The third kappa shape index (κ3) is 3.99. The van der Waals surface area contributed by atoms with Crippen molar-refractivity contribution in [3.05, 3.63) is 23.3 Å². The van der Waals surface area contributed by atoms with Gasteiger partial charge < -0.3 is 24.8 Å². The number of benzene rings is 1. The smallest absolute Gasteiger partial charge is 0.408 e. The van der Waals surface area contributed by atoms with Crippen LogP contribution in [0.4, 0.5) is 18.0 Å². The Morgan fingerprint density at radius 2 is 1.82 bits per heavy atom. The molecule has 2 N–H and O–H groups in total. The van der Waals surface area contributed by atoms with Crippen LogP contribution >= 0.6 is 0 Å². The summed E-state index contributed by atoms with van der Waals surface area (Å²) in [6, 6.07) is 0.566. The van der Waals surface area contributed by atoms with E-state index < -0.39 is 30.3 Å². The number of carbonyl (C=O) groups is 1. The van der Waals surface area contributed by atoms with Crippen LogP contribution in [0.25, 0.3) is 0 Å². The van der Waals surface area contributed by atoms with Gasteiger partial charge in [-0.1, -0.05) is 12.8 Å². The number of carbonyl (C=O) groups excluding carboxylic acids is 1. The van der Waals surface area contributed by atoms with Gasteiger partial charge in [-0.3, -0.25) is 0 Å². The van der Waals surface area contributed by atoms with Crippen molar-refractivity contribution in [1.82, 2.24) is 10.2 Å². The van der Waals surface area contributed by atoms with Crippen LogP contribution in [-0.2, 0) is 6.54 Å². The fourth-order valence-electron chi connectivity index (χ4n) is 4.21. The summed E-state index contributed by atoms with van der Waals surface area (Å²) < 4.78 is 51.1. The number of urea groups is 1. The molecule has 1 fully saturated rings. The Bertz CT molecular complexity index is 720. The van der Waals surface area contributed by atoms with E-state index in [9.17, 15) is 23.1 Å². The second-order valence-electron chi connectivity index (χ2n) is 7.27. The quantitative estimate of drug-likeness (QED) is 0.810. The molecule has 2 unspecified atom stereocenters. The number of rotatable bonds is 4. The zero-order valence-corrected chi connectivity index (χ0v) is 15.9. The Balaban J connectivity index is 1.82. The standard InChI is InChI=1S/C19H25F3N2O4/c1-27-14-7-8-15(28-2)16-12(14)9-24(10-13(16)25)18(26)23-17(19(20,21)22)11-5-3-4-6-11/h7-8,11,13,17,25H,3-6,9-10H2,1-2H3,(H,23,26). The number of methoxy groups -OCH3 is 2. The molecule has 1 saturated carbocycles. The van der Waals surface area contributed by atoms with E-state index in [1.807, 2.05) is 0 Å². The van der Waals surface area contributed by atoms with E-state index in [2.05, 4.69) is 5.32 Å². The summed E-state index contributed by atoms with van der Waals surface area (Å²) in [6.07, 6.45) is -3.24. The minimum absolute atomic E-state index is 0.0217. The molecule has 156 valence electrons. The lowest BCUT2D eigenvalue weighted by Crippen LogP contribution is -2.54. The van der Waals surface area contributed by atoms with Crippen LogP contribution in [0.2, 0.25) is 0 Å². The third-order valence-corrected chi connectivity index (χ3v) is 5.58. The Hall–Kier alpha value is -2.16. The van der Waals surface area contributed by atoms with E-state index in [1.54, 1.807) is 12.1 Å². The first-order valence-corrected chi connectivity index (χ1v) is 9.30. The molecule has 2 aliphatic rings. The van der Waals surface area contributed by atoms with Gasteiger partial charge in [0.15, 0.2) is 0 Å². The predicted molar refractivity (Wildman–Crippen MR) is 95.2 cm³/mol. The minimum Gasteiger partial charge on any atom is -0.496 e. The Morgan fingerprint density at radius 3 is 2.39 bits per heavy atom. The van der Waals surface area contributed by atoms with E-state index in [0.717, 1.165) is 12.8 Å². The second kappa shape index (κ2) is 8.06. The summed E-state index contributed by atoms with van der Waals surface area (Å²) in [4.78, 5) is 13.8. The molecule has 0 aromatic heterocycles. The number of halogens is 3. The number of nitrogens with zero attached hydrogens (tertiary/aromatic N) is 1. The van der Waals surface area contributed by atoms with Crippen molar-refractivity contribution in [3.8, 4) is 11.5 Å². The summed E-state index contributed by atoms with van der Waals surface area (Å²) in [5.41, 5.74) is 1.02. The minimum atomic E-state index is -4.52. The Morgan fingerprint density at radius 1 is 1.21 bits per heavy atom. The summed E-state index contributed by atoms with van der Waals surface area (Å²) in [5, 5.41) is 12.7. The SMILES string of the molecule is COc1ccc(OC)c2c1CN(C(=O)NC(C1CCCC1)C(F)(F)F)CC2O. The lowest BCUT2D eigenvalue weighted by Gasteiger charge is -2.36. The van der Waals surface area contributed by atoms with Crippen molar-refractivity contribution in [1.29, 1.82) is 0 Å². The molecule has 1 aliphatic carbocycles. The van der Waals surface area contributed by atoms with Gasteiger partial charge in [-0.15, -0.1) is 0 Å². The average molecular weight is 402 g/mol. The molecule has 6 nitrogen and oxygen atoms in total. The predicted octanol–water partition coefficient (Wildman–Crippen LogP) is 3.38. The number of fused-ring (bicyclic) bond motifs is 1. The van der Waals surface area contributed by atoms with Gasteiger partial charge in [-0.05, 0) is 30.9 Å². The van der Waals surface area contributed by atoms with Crippen LogP contribution in [0.5, 0.6) is 11.5 Å². The van der Waals surface area contributed by atoms with Crippen LogP contribution in [0, 0.1) is 5.92 Å². The van der Waals surface area contributed by atoms with Crippen LogP contribution in [0.3, 0.4) is 0 Å². The normalized spacial score (nSPS) is 21.2. The highest BCUT2D eigenvalue weighted by atomic mass is 19.4. The average Bonchev–Trinajstić information content (AvgIpc) is 3.17. The summed E-state index contributed by atoms with van der Waals surface area (Å²) in [7, 11) is 2.91. The van der Waals surface area contributed by atoms with Gasteiger partial charge in [0, 0.05) is 11.1 Å². The van der Waals surface area contributed by atoms with Crippen LogP contribution in [0.15, 0.2) is 12.1 Å².